The van der Waals surface area contributed by atoms with Crippen LogP contribution in [0.5, 0.6) is 0 Å². The van der Waals surface area contributed by atoms with E-state index in [2.05, 4.69) is 36.0 Å². The van der Waals surface area contributed by atoms with Crippen molar-refractivity contribution < 1.29 is 23.6 Å². The van der Waals surface area contributed by atoms with E-state index in [1.807, 2.05) is 44.2 Å². The summed E-state index contributed by atoms with van der Waals surface area (Å²) in [7, 11) is 0. The molecule has 3 aromatic heterocycles. The Bertz CT molecular complexity index is 1600. The molecule has 4 amide bonds. The average Bonchev–Trinajstić information content (AvgIpc) is 3.81. The number of amides is 4. The fourth-order valence-electron chi connectivity index (χ4n) is 4.86. The zero-order valence-electron chi connectivity index (χ0n) is 25.0. The molecule has 2 atom stereocenters. The molecule has 0 aliphatic carbocycles. The van der Waals surface area contributed by atoms with Gasteiger partial charge in [0.1, 0.15) is 35.7 Å². The number of hydrogen-bond acceptors (Lipinski definition) is 10. The normalized spacial score (nSPS) is 18.1. The van der Waals surface area contributed by atoms with Gasteiger partial charge in [-0.15, -0.1) is 11.3 Å². The van der Waals surface area contributed by atoms with Gasteiger partial charge in [0, 0.05) is 37.9 Å². The van der Waals surface area contributed by atoms with E-state index in [-0.39, 0.29) is 61.1 Å². The summed E-state index contributed by atoms with van der Waals surface area (Å²) >= 11 is 1.27. The van der Waals surface area contributed by atoms with Crippen LogP contribution in [0, 0.1) is 5.92 Å². The lowest BCUT2D eigenvalue weighted by molar-refractivity contribution is -0.136. The second kappa shape index (κ2) is 14.7. The lowest BCUT2D eigenvalue weighted by atomic mass is 10.0. The van der Waals surface area contributed by atoms with Crippen molar-refractivity contribution in [3.05, 3.63) is 82.5 Å². The number of nitrogens with one attached hydrogen (secondary N) is 3. The first kappa shape index (κ1) is 31.5. The predicted molar refractivity (Wildman–Crippen MR) is 163 cm³/mol. The predicted octanol–water partition coefficient (Wildman–Crippen LogP) is 2.30. The molecule has 0 unspecified atom stereocenters. The maximum absolute atomic E-state index is 13.4. The van der Waals surface area contributed by atoms with Crippen LogP contribution < -0.4 is 16.0 Å². The topological polar surface area (TPSA) is 177 Å². The second-order valence-corrected chi connectivity index (χ2v) is 11.9. The molecule has 0 saturated carbocycles. The molecule has 4 heterocycles. The van der Waals surface area contributed by atoms with E-state index in [9.17, 15) is 19.2 Å². The Kier molecular flexibility index (Phi) is 10.3. The van der Waals surface area contributed by atoms with Gasteiger partial charge in [-0.2, -0.15) is 5.10 Å². The minimum atomic E-state index is -0.684. The number of aromatic nitrogens is 5. The van der Waals surface area contributed by atoms with Crippen LogP contribution in [0.4, 0.5) is 0 Å². The Hall–Kier alpha value is -4.92. The van der Waals surface area contributed by atoms with Gasteiger partial charge in [-0.05, 0) is 17.9 Å². The van der Waals surface area contributed by atoms with Gasteiger partial charge in [-0.1, -0.05) is 44.2 Å². The largest absolute Gasteiger partial charge is 0.446 e. The second-order valence-electron chi connectivity index (χ2n) is 11.0. The zero-order chi connectivity index (χ0) is 31.8. The molecule has 0 fully saturated rings. The third-order valence-electron chi connectivity index (χ3n) is 7.24. The summed E-state index contributed by atoms with van der Waals surface area (Å²) < 4.78 is 7.31. The molecule has 0 spiro atoms. The van der Waals surface area contributed by atoms with Gasteiger partial charge < -0.3 is 25.3 Å². The van der Waals surface area contributed by atoms with Gasteiger partial charge in [0.2, 0.25) is 17.7 Å². The molecule has 3 N–H and O–H groups in total. The number of fused-ring (bicyclic) bond motifs is 4. The number of benzene rings is 1. The molecule has 14 nitrogen and oxygen atoms in total. The molecule has 236 valence electrons. The van der Waals surface area contributed by atoms with Crippen molar-refractivity contribution in [2.24, 2.45) is 5.92 Å². The van der Waals surface area contributed by atoms with Crippen LogP contribution in [-0.4, -0.2) is 72.9 Å². The highest BCUT2D eigenvalue weighted by Gasteiger charge is 2.28. The molecule has 15 heteroatoms. The number of oxazole rings is 1. The Morgan fingerprint density at radius 2 is 1.91 bits per heavy atom. The fourth-order valence-corrected chi connectivity index (χ4v) is 5.88. The van der Waals surface area contributed by atoms with E-state index in [4.69, 9.17) is 4.42 Å². The molecule has 1 aromatic carbocycles. The number of rotatable bonds is 7. The van der Waals surface area contributed by atoms with Crippen molar-refractivity contribution in [2.45, 2.75) is 51.7 Å². The number of aryl methyl sites for hydroxylation is 1. The highest BCUT2D eigenvalue weighted by molar-refractivity contribution is 7.09. The van der Waals surface area contributed by atoms with Gasteiger partial charge in [0.25, 0.3) is 11.8 Å². The number of hydrogen-bond donors (Lipinski definition) is 3. The third-order valence-corrected chi connectivity index (χ3v) is 8.17. The van der Waals surface area contributed by atoms with Crippen molar-refractivity contribution in [2.75, 3.05) is 19.6 Å². The zero-order valence-corrected chi connectivity index (χ0v) is 25.8. The Morgan fingerprint density at radius 3 is 2.67 bits per heavy atom. The van der Waals surface area contributed by atoms with Gasteiger partial charge in [-0.25, -0.2) is 15.0 Å². The van der Waals surface area contributed by atoms with Crippen LogP contribution in [0.15, 0.2) is 59.0 Å². The molecular weight excluding hydrogens is 598 g/mol. The summed E-state index contributed by atoms with van der Waals surface area (Å²) in [6.07, 6.45) is 5.27. The number of nitrogens with zero attached hydrogens (tertiary/aromatic N) is 6. The molecule has 1 aliphatic heterocycles. The Balaban J connectivity index is 1.39. The summed E-state index contributed by atoms with van der Waals surface area (Å²) in [6.45, 7) is 4.35. The minimum Gasteiger partial charge on any atom is -0.446 e. The highest BCUT2D eigenvalue weighted by Crippen LogP contribution is 2.26. The van der Waals surface area contributed by atoms with Crippen LogP contribution in [0.1, 0.15) is 76.2 Å². The van der Waals surface area contributed by atoms with E-state index in [1.165, 1.54) is 28.8 Å². The van der Waals surface area contributed by atoms with E-state index >= 15 is 0 Å². The van der Waals surface area contributed by atoms with E-state index in [0.717, 1.165) is 5.56 Å². The fraction of sp³-hybridized carbons (Fsp3) is 0.400. The van der Waals surface area contributed by atoms with Crippen LogP contribution >= 0.6 is 11.3 Å². The van der Waals surface area contributed by atoms with Crippen molar-refractivity contribution in [1.82, 2.24) is 45.6 Å². The first-order chi connectivity index (χ1) is 21.8. The van der Waals surface area contributed by atoms with E-state index in [0.29, 0.717) is 24.4 Å². The molecule has 0 saturated heterocycles. The number of thiazole rings is 1. The molecule has 1 aliphatic rings. The summed E-state index contributed by atoms with van der Waals surface area (Å²) in [4.78, 5) is 67.1. The highest BCUT2D eigenvalue weighted by atomic mass is 32.1. The van der Waals surface area contributed by atoms with Crippen LogP contribution in [0.2, 0.25) is 0 Å². The standard InChI is InChI=1S/C30H35N9O5S/c1-19(2)26-30-36-23(16-45-30)28(43)34-21(13-20-7-4-3-5-8-20)29-35-22(15-44-29)27(42)32-10-12-38(14-24(40)37-26)25(41)9-6-11-39-18-31-17-33-39/h3-5,7-8,15-19,21,26H,6,9-14H2,1-2H3,(H,32,42)(H,34,43)(H,37,40)/t21-,26-/m0/s1. The van der Waals surface area contributed by atoms with Gasteiger partial charge in [0.15, 0.2) is 5.69 Å². The molecule has 0 radical (unpaired) electrons. The number of carbonyl (C=O) groups excluding carboxylic acids is 4. The summed E-state index contributed by atoms with van der Waals surface area (Å²) in [5.41, 5.74) is 1.14. The minimum absolute atomic E-state index is 0.0256. The van der Waals surface area contributed by atoms with Crippen molar-refractivity contribution in [1.29, 1.82) is 0 Å². The summed E-state index contributed by atoms with van der Waals surface area (Å²) in [5, 5.41) is 15.0. The molecule has 4 aromatic rings. The molecule has 5 rings (SSSR count). The van der Waals surface area contributed by atoms with Crippen molar-refractivity contribution >= 4 is 35.0 Å². The SMILES string of the molecule is CC(C)[C@@H]1NC(=O)CN(C(=O)CCCn2cncn2)CCNC(=O)c2coc(n2)[C@H](Cc2ccccc2)NC(=O)c2csc1n2. The lowest BCUT2D eigenvalue weighted by Crippen LogP contribution is -2.45. The Labute approximate surface area is 263 Å². The van der Waals surface area contributed by atoms with Crippen molar-refractivity contribution in [3.63, 3.8) is 0 Å². The van der Waals surface area contributed by atoms with Gasteiger partial charge >= 0.3 is 0 Å². The lowest BCUT2D eigenvalue weighted by Gasteiger charge is -2.25. The molecule has 4 bridgehead atoms. The van der Waals surface area contributed by atoms with Crippen LogP contribution in [0.3, 0.4) is 0 Å². The maximum Gasteiger partial charge on any atom is 0.273 e. The van der Waals surface area contributed by atoms with Crippen molar-refractivity contribution in [3.8, 4) is 0 Å². The van der Waals surface area contributed by atoms with Crippen LogP contribution in [0.25, 0.3) is 0 Å². The van der Waals surface area contributed by atoms with E-state index < -0.39 is 23.9 Å². The average molecular weight is 634 g/mol. The molecule has 45 heavy (non-hydrogen) atoms. The monoisotopic (exact) mass is 633 g/mol. The Morgan fingerprint density at radius 1 is 1.09 bits per heavy atom. The number of carbonyl (C=O) groups is 4. The maximum atomic E-state index is 13.4. The van der Waals surface area contributed by atoms with E-state index in [1.54, 1.807) is 16.4 Å². The van der Waals surface area contributed by atoms with Crippen LogP contribution in [-0.2, 0) is 22.6 Å². The smallest absolute Gasteiger partial charge is 0.273 e. The van der Waals surface area contributed by atoms with Gasteiger partial charge in [0.05, 0.1) is 12.6 Å². The molecular formula is C30H35N9O5S. The third kappa shape index (κ3) is 8.38. The first-order valence-corrected chi connectivity index (χ1v) is 15.6. The quantitative estimate of drug-likeness (QED) is 0.276. The first-order valence-electron chi connectivity index (χ1n) is 14.7. The summed E-state index contributed by atoms with van der Waals surface area (Å²) in [6, 6.07) is 8.36. The summed E-state index contributed by atoms with van der Waals surface area (Å²) in [5.74, 6) is -1.45. The van der Waals surface area contributed by atoms with Gasteiger partial charge in [-0.3, -0.25) is 23.9 Å².